The highest BCUT2D eigenvalue weighted by molar-refractivity contribution is 5.36. The van der Waals surface area contributed by atoms with Crippen molar-refractivity contribution >= 4 is 0 Å². The Morgan fingerprint density at radius 2 is 2.11 bits per heavy atom. The molecule has 3 heteroatoms. The average Bonchev–Trinajstić information content (AvgIpc) is 2.86. The van der Waals surface area contributed by atoms with Crippen LogP contribution in [0.15, 0.2) is 18.2 Å². The standard InChI is InChI=1S/C16H25NO2/c1-12(17-9-8-16(18)11-19-2)14-7-6-13-4-3-5-15(13)10-14/h6-7,10,12,16-18H,3-5,8-9,11H2,1-2H3. The third-order valence-electron chi connectivity index (χ3n) is 3.91. The van der Waals surface area contributed by atoms with Gasteiger partial charge in [-0.05, 0) is 55.8 Å². The van der Waals surface area contributed by atoms with E-state index >= 15 is 0 Å². The maximum Gasteiger partial charge on any atom is 0.0785 e. The summed E-state index contributed by atoms with van der Waals surface area (Å²) in [7, 11) is 1.61. The minimum Gasteiger partial charge on any atom is -0.391 e. The highest BCUT2D eigenvalue weighted by Crippen LogP contribution is 2.25. The van der Waals surface area contributed by atoms with Crippen LogP contribution in [0, 0.1) is 0 Å². The quantitative estimate of drug-likeness (QED) is 0.792. The molecule has 2 rings (SSSR count). The summed E-state index contributed by atoms with van der Waals surface area (Å²) in [6, 6.07) is 7.18. The Kier molecular flexibility index (Phi) is 5.37. The number of hydrogen-bond acceptors (Lipinski definition) is 3. The van der Waals surface area contributed by atoms with E-state index in [1.807, 2.05) is 0 Å². The van der Waals surface area contributed by atoms with Crippen LogP contribution in [0.5, 0.6) is 0 Å². The number of benzene rings is 1. The molecule has 0 aliphatic heterocycles. The van der Waals surface area contributed by atoms with Crippen molar-refractivity contribution < 1.29 is 9.84 Å². The van der Waals surface area contributed by atoms with E-state index in [4.69, 9.17) is 4.74 Å². The molecule has 106 valence electrons. The van der Waals surface area contributed by atoms with Crippen molar-refractivity contribution in [2.45, 2.75) is 44.8 Å². The summed E-state index contributed by atoms with van der Waals surface area (Å²) in [4.78, 5) is 0. The monoisotopic (exact) mass is 263 g/mol. The summed E-state index contributed by atoms with van der Waals surface area (Å²) in [6.45, 7) is 3.40. The van der Waals surface area contributed by atoms with Crippen molar-refractivity contribution in [3.05, 3.63) is 34.9 Å². The van der Waals surface area contributed by atoms with Gasteiger partial charge in [-0.15, -0.1) is 0 Å². The predicted octanol–water partition coefficient (Wildman–Crippen LogP) is 2.22. The van der Waals surface area contributed by atoms with Crippen LogP contribution in [0.3, 0.4) is 0 Å². The number of rotatable bonds is 7. The van der Waals surface area contributed by atoms with Crippen LogP contribution in [0.2, 0.25) is 0 Å². The van der Waals surface area contributed by atoms with Gasteiger partial charge in [0.05, 0.1) is 12.7 Å². The van der Waals surface area contributed by atoms with Gasteiger partial charge in [0.15, 0.2) is 0 Å². The van der Waals surface area contributed by atoms with E-state index < -0.39 is 0 Å². The van der Waals surface area contributed by atoms with Gasteiger partial charge < -0.3 is 15.2 Å². The number of ether oxygens (including phenoxy) is 1. The fourth-order valence-corrected chi connectivity index (χ4v) is 2.72. The molecule has 0 spiro atoms. The van der Waals surface area contributed by atoms with Crippen LogP contribution in [0.1, 0.15) is 42.5 Å². The highest BCUT2D eigenvalue weighted by atomic mass is 16.5. The fraction of sp³-hybridized carbons (Fsp3) is 0.625. The number of hydrogen-bond donors (Lipinski definition) is 2. The highest BCUT2D eigenvalue weighted by Gasteiger charge is 2.13. The minimum absolute atomic E-state index is 0.334. The number of aliphatic hydroxyl groups excluding tert-OH is 1. The zero-order valence-corrected chi connectivity index (χ0v) is 12.0. The zero-order valence-electron chi connectivity index (χ0n) is 12.0. The molecule has 0 saturated carbocycles. The molecule has 0 heterocycles. The molecule has 2 atom stereocenters. The molecule has 1 aromatic rings. The van der Waals surface area contributed by atoms with Gasteiger partial charge in [0.1, 0.15) is 0 Å². The SMILES string of the molecule is COCC(O)CCNC(C)c1ccc2c(c1)CCC2. The Balaban J connectivity index is 1.81. The molecule has 1 aliphatic carbocycles. The predicted molar refractivity (Wildman–Crippen MR) is 77.4 cm³/mol. The molecule has 2 N–H and O–H groups in total. The van der Waals surface area contributed by atoms with Gasteiger partial charge in [-0.3, -0.25) is 0 Å². The molecule has 0 fully saturated rings. The lowest BCUT2D eigenvalue weighted by atomic mass is 10.0. The van der Waals surface area contributed by atoms with E-state index in [2.05, 4.69) is 30.4 Å². The topological polar surface area (TPSA) is 41.5 Å². The Hall–Kier alpha value is -0.900. The first-order valence-corrected chi connectivity index (χ1v) is 7.23. The molecular formula is C16H25NO2. The van der Waals surface area contributed by atoms with Crippen LogP contribution in [0.4, 0.5) is 0 Å². The summed E-state index contributed by atoms with van der Waals surface area (Å²) in [6.07, 6.45) is 4.11. The van der Waals surface area contributed by atoms with Crippen molar-refractivity contribution in [3.8, 4) is 0 Å². The molecule has 1 aromatic carbocycles. The van der Waals surface area contributed by atoms with E-state index in [0.29, 0.717) is 12.6 Å². The summed E-state index contributed by atoms with van der Waals surface area (Å²) in [5.74, 6) is 0. The molecule has 0 amide bonds. The number of fused-ring (bicyclic) bond motifs is 1. The van der Waals surface area contributed by atoms with Gasteiger partial charge in [0.2, 0.25) is 0 Å². The molecule has 0 saturated heterocycles. The maximum atomic E-state index is 9.59. The number of aliphatic hydroxyl groups is 1. The Labute approximate surface area is 116 Å². The first-order chi connectivity index (χ1) is 9.20. The van der Waals surface area contributed by atoms with Crippen molar-refractivity contribution in [2.75, 3.05) is 20.3 Å². The van der Waals surface area contributed by atoms with E-state index in [1.54, 1.807) is 7.11 Å². The number of methoxy groups -OCH3 is 1. The molecule has 0 bridgehead atoms. The van der Waals surface area contributed by atoms with Crippen LogP contribution < -0.4 is 5.32 Å². The van der Waals surface area contributed by atoms with Crippen LogP contribution in [0.25, 0.3) is 0 Å². The molecule has 3 nitrogen and oxygen atoms in total. The van der Waals surface area contributed by atoms with E-state index in [1.165, 1.54) is 36.0 Å². The maximum absolute atomic E-state index is 9.59. The zero-order chi connectivity index (χ0) is 13.7. The normalized spacial score (nSPS) is 17.2. The smallest absolute Gasteiger partial charge is 0.0785 e. The largest absolute Gasteiger partial charge is 0.391 e. The van der Waals surface area contributed by atoms with Crippen molar-refractivity contribution in [1.82, 2.24) is 5.32 Å². The van der Waals surface area contributed by atoms with Gasteiger partial charge >= 0.3 is 0 Å². The number of aryl methyl sites for hydroxylation is 2. The van der Waals surface area contributed by atoms with Crippen molar-refractivity contribution in [3.63, 3.8) is 0 Å². The minimum atomic E-state index is -0.371. The van der Waals surface area contributed by atoms with E-state index in [0.717, 1.165) is 13.0 Å². The molecule has 1 aliphatic rings. The molecule has 0 radical (unpaired) electrons. The van der Waals surface area contributed by atoms with Gasteiger partial charge in [-0.2, -0.15) is 0 Å². The summed E-state index contributed by atoms with van der Waals surface area (Å²) >= 11 is 0. The lowest BCUT2D eigenvalue weighted by Crippen LogP contribution is -2.25. The van der Waals surface area contributed by atoms with Gasteiger partial charge in [0.25, 0.3) is 0 Å². The van der Waals surface area contributed by atoms with Gasteiger partial charge in [-0.1, -0.05) is 18.2 Å². The van der Waals surface area contributed by atoms with Crippen molar-refractivity contribution in [1.29, 1.82) is 0 Å². The second-order valence-electron chi connectivity index (χ2n) is 5.46. The van der Waals surface area contributed by atoms with Gasteiger partial charge in [-0.25, -0.2) is 0 Å². The summed E-state index contributed by atoms with van der Waals surface area (Å²) in [5.41, 5.74) is 4.39. The summed E-state index contributed by atoms with van der Waals surface area (Å²) < 4.78 is 4.92. The molecule has 2 unspecified atom stereocenters. The lowest BCUT2D eigenvalue weighted by Gasteiger charge is -2.17. The van der Waals surface area contributed by atoms with Crippen LogP contribution in [-0.2, 0) is 17.6 Å². The van der Waals surface area contributed by atoms with Crippen LogP contribution >= 0.6 is 0 Å². The Bertz CT molecular complexity index is 406. The van der Waals surface area contributed by atoms with E-state index in [-0.39, 0.29) is 6.10 Å². The van der Waals surface area contributed by atoms with Crippen LogP contribution in [-0.4, -0.2) is 31.5 Å². The summed E-state index contributed by atoms with van der Waals surface area (Å²) in [5, 5.41) is 13.1. The fourth-order valence-electron chi connectivity index (χ4n) is 2.72. The third kappa shape index (κ3) is 4.03. The van der Waals surface area contributed by atoms with Gasteiger partial charge in [0, 0.05) is 13.2 Å². The lowest BCUT2D eigenvalue weighted by molar-refractivity contribution is 0.0590. The van der Waals surface area contributed by atoms with Crippen molar-refractivity contribution in [2.24, 2.45) is 0 Å². The Morgan fingerprint density at radius 1 is 1.32 bits per heavy atom. The third-order valence-corrected chi connectivity index (χ3v) is 3.91. The second kappa shape index (κ2) is 7.04. The molecular weight excluding hydrogens is 238 g/mol. The number of nitrogens with one attached hydrogen (secondary N) is 1. The first kappa shape index (κ1) is 14.5. The van der Waals surface area contributed by atoms with E-state index in [9.17, 15) is 5.11 Å². The first-order valence-electron chi connectivity index (χ1n) is 7.23. The Morgan fingerprint density at radius 3 is 2.89 bits per heavy atom. The molecule has 0 aromatic heterocycles. The second-order valence-corrected chi connectivity index (χ2v) is 5.46. The molecule has 19 heavy (non-hydrogen) atoms. The average molecular weight is 263 g/mol.